The number of allylic oxidation sites excluding steroid dienone is 24. The lowest BCUT2D eigenvalue weighted by molar-refractivity contribution is -0.167. The van der Waals surface area contributed by atoms with Gasteiger partial charge in [0, 0.05) is 19.3 Å². The second-order valence-electron chi connectivity index (χ2n) is 18.8. The molecule has 0 aliphatic rings. The van der Waals surface area contributed by atoms with Gasteiger partial charge in [0.1, 0.15) is 13.2 Å². The third-order valence-electron chi connectivity index (χ3n) is 11.8. The van der Waals surface area contributed by atoms with E-state index in [1.165, 1.54) is 51.4 Å². The van der Waals surface area contributed by atoms with Crippen LogP contribution in [0.3, 0.4) is 0 Å². The second-order valence-corrected chi connectivity index (χ2v) is 18.8. The van der Waals surface area contributed by atoms with Gasteiger partial charge < -0.3 is 14.2 Å². The van der Waals surface area contributed by atoms with Gasteiger partial charge in [-0.05, 0) is 122 Å². The van der Waals surface area contributed by atoms with E-state index in [4.69, 9.17) is 14.2 Å². The predicted molar refractivity (Wildman–Crippen MR) is 315 cm³/mol. The molecule has 0 heterocycles. The zero-order chi connectivity index (χ0) is 52.9. The Morgan fingerprint density at radius 2 is 0.534 bits per heavy atom. The summed E-state index contributed by atoms with van der Waals surface area (Å²) in [7, 11) is 0. The van der Waals surface area contributed by atoms with E-state index in [1.54, 1.807) is 0 Å². The summed E-state index contributed by atoms with van der Waals surface area (Å²) in [4.78, 5) is 38.1. The van der Waals surface area contributed by atoms with Gasteiger partial charge in [-0.25, -0.2) is 0 Å². The molecule has 6 nitrogen and oxygen atoms in total. The van der Waals surface area contributed by atoms with Gasteiger partial charge in [-0.2, -0.15) is 0 Å². The Balaban J connectivity index is 4.40. The fourth-order valence-electron chi connectivity index (χ4n) is 7.51. The lowest BCUT2D eigenvalue weighted by atomic mass is 10.1. The van der Waals surface area contributed by atoms with Crippen LogP contribution in [0.15, 0.2) is 146 Å². The maximum Gasteiger partial charge on any atom is 0.306 e. The highest BCUT2D eigenvalue weighted by atomic mass is 16.6. The summed E-state index contributed by atoms with van der Waals surface area (Å²) in [5.41, 5.74) is 0. The molecule has 0 aromatic carbocycles. The highest BCUT2D eigenvalue weighted by Crippen LogP contribution is 2.14. The van der Waals surface area contributed by atoms with E-state index in [0.717, 1.165) is 141 Å². The number of carbonyl (C=O) groups is 3. The summed E-state index contributed by atoms with van der Waals surface area (Å²) >= 11 is 0. The molecule has 410 valence electrons. The van der Waals surface area contributed by atoms with Crippen molar-refractivity contribution in [2.24, 2.45) is 0 Å². The van der Waals surface area contributed by atoms with Crippen LogP contribution in [0.2, 0.25) is 0 Å². The standard InChI is InChI=1S/C67H106O6/c1-4-7-10-13-16-19-22-24-26-27-28-29-30-31-32-33-34-35-36-37-38-39-41-42-45-48-51-54-57-60-66(69)72-63-64(62-71-65(68)59-56-53-50-47-44-21-18-15-12-9-6-3)73-67(70)61-58-55-52-49-46-43-40-25-23-20-17-14-11-8-5-2/h7-8,10-11,16-17,19-20,24-26,28-29,31-32,34-35,37-38,40-42,46,49,64H,4-6,9,12-15,18,21-23,27,30,33,36,39,43-45,47-48,50-63H2,1-3H3/b10-7-,11-8-,19-16-,20-17-,26-24-,29-28-,32-31-,35-34-,38-37-,40-25-,42-41-,49-46-. The highest BCUT2D eigenvalue weighted by molar-refractivity contribution is 5.71. The molecular weight excluding hydrogens is 901 g/mol. The Hall–Kier alpha value is -4.71. The van der Waals surface area contributed by atoms with Gasteiger partial charge in [0.05, 0.1) is 0 Å². The molecule has 0 saturated heterocycles. The Kier molecular flexibility index (Phi) is 56.0. The molecule has 0 radical (unpaired) electrons. The number of ether oxygens (including phenoxy) is 3. The van der Waals surface area contributed by atoms with Gasteiger partial charge in [0.15, 0.2) is 6.10 Å². The van der Waals surface area contributed by atoms with E-state index >= 15 is 0 Å². The van der Waals surface area contributed by atoms with E-state index in [1.807, 2.05) is 0 Å². The molecule has 0 bridgehead atoms. The molecule has 0 amide bonds. The molecule has 0 aliphatic carbocycles. The van der Waals surface area contributed by atoms with Crippen LogP contribution in [0.4, 0.5) is 0 Å². The molecule has 1 unspecified atom stereocenters. The van der Waals surface area contributed by atoms with Crippen molar-refractivity contribution in [1.82, 2.24) is 0 Å². The minimum atomic E-state index is -0.814. The Morgan fingerprint density at radius 1 is 0.288 bits per heavy atom. The van der Waals surface area contributed by atoms with E-state index in [9.17, 15) is 14.4 Å². The van der Waals surface area contributed by atoms with Crippen molar-refractivity contribution < 1.29 is 28.6 Å². The molecule has 0 N–H and O–H groups in total. The van der Waals surface area contributed by atoms with Crippen LogP contribution in [0.1, 0.15) is 239 Å². The van der Waals surface area contributed by atoms with Gasteiger partial charge in [0.25, 0.3) is 0 Å². The topological polar surface area (TPSA) is 78.9 Å². The van der Waals surface area contributed by atoms with E-state index in [2.05, 4.69) is 167 Å². The first-order chi connectivity index (χ1) is 36.0. The van der Waals surface area contributed by atoms with Crippen LogP contribution in [0, 0.1) is 0 Å². The number of hydrogen-bond acceptors (Lipinski definition) is 6. The third kappa shape index (κ3) is 58.1. The normalized spacial score (nSPS) is 13.2. The van der Waals surface area contributed by atoms with E-state index < -0.39 is 6.10 Å². The van der Waals surface area contributed by atoms with E-state index in [0.29, 0.717) is 19.3 Å². The zero-order valence-electron chi connectivity index (χ0n) is 46.8. The lowest BCUT2D eigenvalue weighted by Gasteiger charge is -2.18. The monoisotopic (exact) mass is 1010 g/mol. The third-order valence-corrected chi connectivity index (χ3v) is 11.8. The first-order valence-corrected chi connectivity index (χ1v) is 29.3. The van der Waals surface area contributed by atoms with Crippen molar-refractivity contribution >= 4 is 17.9 Å². The van der Waals surface area contributed by atoms with Crippen molar-refractivity contribution in [2.45, 2.75) is 245 Å². The first kappa shape index (κ1) is 68.3. The van der Waals surface area contributed by atoms with E-state index in [-0.39, 0.29) is 37.5 Å². The van der Waals surface area contributed by atoms with Crippen LogP contribution < -0.4 is 0 Å². The maximum absolute atomic E-state index is 12.8. The van der Waals surface area contributed by atoms with Crippen molar-refractivity contribution in [3.8, 4) is 0 Å². The number of unbranched alkanes of at least 4 members (excludes halogenated alkanes) is 16. The molecule has 73 heavy (non-hydrogen) atoms. The molecule has 0 rings (SSSR count). The van der Waals surface area contributed by atoms with Gasteiger partial charge in [-0.3, -0.25) is 14.4 Å². The number of esters is 3. The average molecular weight is 1010 g/mol. The molecule has 6 heteroatoms. The van der Waals surface area contributed by atoms with Crippen LogP contribution in [0.25, 0.3) is 0 Å². The van der Waals surface area contributed by atoms with Gasteiger partial charge in [-0.1, -0.05) is 244 Å². The Labute approximate surface area is 448 Å². The second kappa shape index (κ2) is 59.8. The number of carbonyl (C=O) groups excluding carboxylic acids is 3. The number of hydrogen-bond donors (Lipinski definition) is 0. The molecular formula is C67H106O6. The zero-order valence-corrected chi connectivity index (χ0v) is 46.8. The molecule has 0 aromatic rings. The van der Waals surface area contributed by atoms with Gasteiger partial charge >= 0.3 is 17.9 Å². The van der Waals surface area contributed by atoms with Crippen LogP contribution in [-0.4, -0.2) is 37.2 Å². The van der Waals surface area contributed by atoms with Crippen molar-refractivity contribution in [3.05, 3.63) is 146 Å². The summed E-state index contributed by atoms with van der Waals surface area (Å²) in [5, 5.41) is 0. The fraction of sp³-hybridized carbons (Fsp3) is 0.597. The summed E-state index contributed by atoms with van der Waals surface area (Å²) in [5.74, 6) is -0.982. The van der Waals surface area contributed by atoms with Crippen molar-refractivity contribution in [1.29, 1.82) is 0 Å². The molecule has 0 aromatic heterocycles. The van der Waals surface area contributed by atoms with Crippen LogP contribution >= 0.6 is 0 Å². The summed E-state index contributed by atoms with van der Waals surface area (Å²) in [6.45, 7) is 6.33. The maximum atomic E-state index is 12.8. The quantitative estimate of drug-likeness (QED) is 0.0261. The van der Waals surface area contributed by atoms with Crippen molar-refractivity contribution in [3.63, 3.8) is 0 Å². The van der Waals surface area contributed by atoms with Gasteiger partial charge in [-0.15, -0.1) is 0 Å². The first-order valence-electron chi connectivity index (χ1n) is 29.3. The summed E-state index contributed by atoms with van der Waals surface area (Å²) < 4.78 is 16.8. The molecule has 0 fully saturated rings. The van der Waals surface area contributed by atoms with Crippen molar-refractivity contribution in [2.75, 3.05) is 13.2 Å². The highest BCUT2D eigenvalue weighted by Gasteiger charge is 2.19. The molecule has 0 aliphatic heterocycles. The van der Waals surface area contributed by atoms with Gasteiger partial charge in [0.2, 0.25) is 0 Å². The Morgan fingerprint density at radius 3 is 0.863 bits per heavy atom. The molecule has 1 atom stereocenters. The SMILES string of the molecule is CC/C=C\C/C=C\C/C=C\C/C=C\C/C=C\C/C=C\C/C=C\C/C=C\CCCCCCC(=O)OCC(COC(=O)CCCCCCCCCCCCC)OC(=O)CCCC/C=C\C/C=C\C/C=C\C/C=C\CC. The smallest absolute Gasteiger partial charge is 0.306 e. The number of rotatable bonds is 51. The summed E-state index contributed by atoms with van der Waals surface area (Å²) in [6, 6.07) is 0. The largest absolute Gasteiger partial charge is 0.462 e. The summed E-state index contributed by atoms with van der Waals surface area (Å²) in [6.07, 6.45) is 85.6. The average Bonchev–Trinajstić information content (AvgIpc) is 3.39. The van der Waals surface area contributed by atoms with Crippen LogP contribution in [0.5, 0.6) is 0 Å². The lowest BCUT2D eigenvalue weighted by Crippen LogP contribution is -2.30. The predicted octanol–water partition coefficient (Wildman–Crippen LogP) is 20.0. The molecule has 0 spiro atoms. The molecule has 0 saturated carbocycles. The minimum Gasteiger partial charge on any atom is -0.462 e. The fourth-order valence-corrected chi connectivity index (χ4v) is 7.51. The Bertz CT molecular complexity index is 1630. The minimum absolute atomic E-state index is 0.107. The van der Waals surface area contributed by atoms with Crippen LogP contribution in [-0.2, 0) is 28.6 Å².